The average molecular weight is 363 g/mol. The van der Waals surface area contributed by atoms with E-state index in [9.17, 15) is 9.59 Å². The predicted molar refractivity (Wildman–Crippen MR) is 98.2 cm³/mol. The molecule has 1 amide bonds. The molecule has 0 atom stereocenters. The number of piperidine rings is 1. The van der Waals surface area contributed by atoms with Crippen molar-refractivity contribution < 1.29 is 23.8 Å². The Morgan fingerprint density at radius 1 is 1.19 bits per heavy atom. The summed E-state index contributed by atoms with van der Waals surface area (Å²) in [7, 11) is 1.38. The van der Waals surface area contributed by atoms with Crippen molar-refractivity contribution in [2.24, 2.45) is 5.92 Å². The summed E-state index contributed by atoms with van der Waals surface area (Å²) in [5, 5.41) is 0. The van der Waals surface area contributed by atoms with Crippen molar-refractivity contribution in [3.63, 3.8) is 0 Å². The third-order valence-corrected chi connectivity index (χ3v) is 4.23. The van der Waals surface area contributed by atoms with E-state index in [1.807, 2.05) is 45.0 Å². The van der Waals surface area contributed by atoms with Gasteiger partial charge in [0.15, 0.2) is 0 Å². The van der Waals surface area contributed by atoms with E-state index < -0.39 is 5.60 Å². The molecule has 0 aliphatic carbocycles. The first-order valence-corrected chi connectivity index (χ1v) is 9.03. The Labute approximate surface area is 155 Å². The molecule has 1 aliphatic rings. The molecule has 0 aromatic heterocycles. The van der Waals surface area contributed by atoms with Gasteiger partial charge in [-0.3, -0.25) is 4.79 Å². The number of rotatable bonds is 5. The summed E-state index contributed by atoms with van der Waals surface area (Å²) in [5.74, 6) is 0.885. The summed E-state index contributed by atoms with van der Waals surface area (Å²) in [6.45, 7) is 7.60. The third kappa shape index (κ3) is 6.58. The maximum Gasteiger partial charge on any atom is 0.410 e. The Bertz CT molecular complexity index is 615. The summed E-state index contributed by atoms with van der Waals surface area (Å²) in [4.78, 5) is 25.2. The number of likely N-dealkylation sites (tertiary alicyclic amines) is 1. The highest BCUT2D eigenvalue weighted by Gasteiger charge is 2.27. The smallest absolute Gasteiger partial charge is 0.410 e. The molecule has 26 heavy (non-hydrogen) atoms. The van der Waals surface area contributed by atoms with E-state index in [0.717, 1.165) is 24.2 Å². The van der Waals surface area contributed by atoms with Crippen molar-refractivity contribution in [1.82, 2.24) is 4.90 Å². The van der Waals surface area contributed by atoms with Gasteiger partial charge in [-0.1, -0.05) is 12.1 Å². The fraction of sp³-hybridized carbons (Fsp3) is 0.600. The molecule has 1 heterocycles. The fourth-order valence-electron chi connectivity index (χ4n) is 2.81. The lowest BCUT2D eigenvalue weighted by Gasteiger charge is -2.33. The van der Waals surface area contributed by atoms with E-state index in [-0.39, 0.29) is 18.5 Å². The fourth-order valence-corrected chi connectivity index (χ4v) is 2.81. The minimum absolute atomic E-state index is 0.238. The first-order chi connectivity index (χ1) is 12.3. The molecule has 2 rings (SSSR count). The lowest BCUT2D eigenvalue weighted by atomic mass is 9.98. The van der Waals surface area contributed by atoms with Crippen LogP contribution in [-0.4, -0.2) is 49.4 Å². The Hall–Kier alpha value is -2.24. The van der Waals surface area contributed by atoms with Crippen molar-refractivity contribution >= 4 is 12.1 Å². The van der Waals surface area contributed by atoms with Crippen LogP contribution >= 0.6 is 0 Å². The zero-order valence-corrected chi connectivity index (χ0v) is 16.1. The van der Waals surface area contributed by atoms with E-state index in [1.54, 1.807) is 4.90 Å². The van der Waals surface area contributed by atoms with E-state index in [4.69, 9.17) is 9.47 Å². The van der Waals surface area contributed by atoms with Crippen molar-refractivity contribution in [2.45, 2.75) is 45.6 Å². The number of ether oxygens (including phenoxy) is 3. The van der Waals surface area contributed by atoms with E-state index in [0.29, 0.717) is 25.6 Å². The van der Waals surface area contributed by atoms with E-state index >= 15 is 0 Å². The summed E-state index contributed by atoms with van der Waals surface area (Å²) < 4.78 is 16.0. The van der Waals surface area contributed by atoms with Gasteiger partial charge in [0.2, 0.25) is 0 Å². The van der Waals surface area contributed by atoms with Gasteiger partial charge in [0, 0.05) is 13.1 Å². The lowest BCUT2D eigenvalue weighted by molar-refractivity contribution is -0.139. The molecule has 0 unspecified atom stereocenters. The molecule has 0 saturated carbocycles. The first kappa shape index (κ1) is 20.1. The molecule has 1 aromatic carbocycles. The standard InChI is InChI=1S/C20H29NO5/c1-20(2,3)26-19(23)21-10-8-15(9-11-21)14-25-17-7-5-6-16(12-17)13-18(22)24-4/h5-7,12,15H,8-11,13-14H2,1-4H3. The first-order valence-electron chi connectivity index (χ1n) is 9.03. The van der Waals surface area contributed by atoms with Gasteiger partial charge in [0.1, 0.15) is 11.4 Å². The molecule has 0 radical (unpaired) electrons. The Kier molecular flexibility index (Phi) is 6.89. The average Bonchev–Trinajstić information content (AvgIpc) is 2.59. The van der Waals surface area contributed by atoms with Gasteiger partial charge in [0.05, 0.1) is 20.1 Å². The van der Waals surface area contributed by atoms with E-state index in [1.165, 1.54) is 7.11 Å². The number of methoxy groups -OCH3 is 1. The monoisotopic (exact) mass is 363 g/mol. The number of carbonyl (C=O) groups is 2. The summed E-state index contributed by atoms with van der Waals surface area (Å²) in [6.07, 6.45) is 1.77. The summed E-state index contributed by atoms with van der Waals surface area (Å²) in [6, 6.07) is 7.51. The van der Waals surface area contributed by atoms with Crippen molar-refractivity contribution in [3.8, 4) is 5.75 Å². The van der Waals surface area contributed by atoms with Crippen molar-refractivity contribution in [1.29, 1.82) is 0 Å². The lowest BCUT2D eigenvalue weighted by Crippen LogP contribution is -2.42. The Morgan fingerprint density at radius 2 is 1.88 bits per heavy atom. The molecule has 1 fully saturated rings. The second-order valence-corrected chi connectivity index (χ2v) is 7.62. The van der Waals surface area contributed by atoms with Crippen LogP contribution < -0.4 is 4.74 Å². The van der Waals surface area contributed by atoms with Gasteiger partial charge in [-0.15, -0.1) is 0 Å². The SMILES string of the molecule is COC(=O)Cc1cccc(OCC2CCN(C(=O)OC(C)(C)C)CC2)c1. The number of carbonyl (C=O) groups excluding carboxylic acids is 2. The molecule has 6 nitrogen and oxygen atoms in total. The van der Waals surface area contributed by atoms with Gasteiger partial charge in [-0.2, -0.15) is 0 Å². The maximum atomic E-state index is 12.1. The maximum absolute atomic E-state index is 12.1. The number of hydrogen-bond donors (Lipinski definition) is 0. The zero-order chi connectivity index (χ0) is 19.2. The minimum Gasteiger partial charge on any atom is -0.493 e. The summed E-state index contributed by atoms with van der Waals surface area (Å²) >= 11 is 0. The second kappa shape index (κ2) is 8.92. The zero-order valence-electron chi connectivity index (χ0n) is 16.1. The highest BCUT2D eigenvalue weighted by atomic mass is 16.6. The van der Waals surface area contributed by atoms with Crippen molar-refractivity contribution in [2.75, 3.05) is 26.8 Å². The van der Waals surface area contributed by atoms with Crippen LogP contribution in [0.25, 0.3) is 0 Å². The molecule has 1 saturated heterocycles. The van der Waals surface area contributed by atoms with Crippen LogP contribution in [0.15, 0.2) is 24.3 Å². The third-order valence-electron chi connectivity index (χ3n) is 4.23. The Balaban J connectivity index is 1.77. The minimum atomic E-state index is -0.466. The van der Waals surface area contributed by atoms with E-state index in [2.05, 4.69) is 4.74 Å². The van der Waals surface area contributed by atoms with Crippen LogP contribution in [0.5, 0.6) is 5.75 Å². The number of benzene rings is 1. The molecular weight excluding hydrogens is 334 g/mol. The number of nitrogens with zero attached hydrogens (tertiary/aromatic N) is 1. The quantitative estimate of drug-likeness (QED) is 0.750. The molecule has 1 aliphatic heterocycles. The molecule has 1 aromatic rings. The van der Waals surface area contributed by atoms with Crippen LogP contribution in [0.2, 0.25) is 0 Å². The number of amides is 1. The highest BCUT2D eigenvalue weighted by molar-refractivity contribution is 5.72. The molecule has 6 heteroatoms. The molecule has 0 N–H and O–H groups in total. The van der Waals surface area contributed by atoms with Gasteiger partial charge < -0.3 is 19.1 Å². The van der Waals surface area contributed by atoms with Crippen LogP contribution in [0.4, 0.5) is 4.79 Å². The number of esters is 1. The topological polar surface area (TPSA) is 65.1 Å². The normalized spacial score (nSPS) is 15.5. The molecular formula is C20H29NO5. The molecule has 0 spiro atoms. The summed E-state index contributed by atoms with van der Waals surface area (Å²) in [5.41, 5.74) is 0.404. The van der Waals surface area contributed by atoms with Gasteiger partial charge in [-0.05, 0) is 57.2 Å². The largest absolute Gasteiger partial charge is 0.493 e. The van der Waals surface area contributed by atoms with Crippen LogP contribution in [0.3, 0.4) is 0 Å². The Morgan fingerprint density at radius 3 is 2.50 bits per heavy atom. The van der Waals surface area contributed by atoms with Crippen molar-refractivity contribution in [3.05, 3.63) is 29.8 Å². The highest BCUT2D eigenvalue weighted by Crippen LogP contribution is 2.22. The predicted octanol–water partition coefficient (Wildman–Crippen LogP) is 3.43. The van der Waals surface area contributed by atoms with Gasteiger partial charge >= 0.3 is 12.1 Å². The van der Waals surface area contributed by atoms with Crippen LogP contribution in [-0.2, 0) is 20.7 Å². The van der Waals surface area contributed by atoms with Gasteiger partial charge in [0.25, 0.3) is 0 Å². The molecule has 0 bridgehead atoms. The van der Waals surface area contributed by atoms with Crippen LogP contribution in [0, 0.1) is 5.92 Å². The second-order valence-electron chi connectivity index (χ2n) is 7.62. The number of hydrogen-bond acceptors (Lipinski definition) is 5. The molecule has 144 valence electrons. The van der Waals surface area contributed by atoms with Crippen LogP contribution in [0.1, 0.15) is 39.2 Å². The van der Waals surface area contributed by atoms with Gasteiger partial charge in [-0.25, -0.2) is 4.79 Å².